The van der Waals surface area contributed by atoms with Gasteiger partial charge in [-0.05, 0) is 24.5 Å². The van der Waals surface area contributed by atoms with E-state index in [2.05, 4.69) is 11.9 Å². The number of fused-ring (bicyclic) bond motifs is 1. The van der Waals surface area contributed by atoms with Crippen LogP contribution in [0.4, 0.5) is 5.69 Å². The van der Waals surface area contributed by atoms with Crippen LogP contribution >= 0.6 is 0 Å². The normalized spacial score (nSPS) is 18.6. The van der Waals surface area contributed by atoms with E-state index in [1.807, 2.05) is 29.2 Å². The van der Waals surface area contributed by atoms with Crippen molar-refractivity contribution >= 4 is 11.6 Å². The molecule has 1 atom stereocenters. The van der Waals surface area contributed by atoms with Crippen LogP contribution in [0.25, 0.3) is 0 Å². The first-order valence-corrected chi connectivity index (χ1v) is 6.61. The predicted molar refractivity (Wildman–Crippen MR) is 76.0 cm³/mol. The first kappa shape index (κ1) is 13.8. The number of para-hydroxylation sites is 1. The Balaban J connectivity index is 2.16. The summed E-state index contributed by atoms with van der Waals surface area (Å²) in [5, 5.41) is 12.1. The maximum Gasteiger partial charge on any atom is 0.241 e. The fourth-order valence-corrected chi connectivity index (χ4v) is 2.52. The van der Waals surface area contributed by atoms with Gasteiger partial charge in [-0.3, -0.25) is 9.69 Å². The number of hydrogen-bond acceptors (Lipinski definition) is 3. The maximum atomic E-state index is 12.3. The number of hydrogen-bond donors (Lipinski definition) is 2. The third-order valence-electron chi connectivity index (χ3n) is 3.46. The van der Waals surface area contributed by atoms with Crippen molar-refractivity contribution in [3.05, 3.63) is 42.5 Å². The molecule has 1 aromatic carbocycles. The highest BCUT2D eigenvalue weighted by Gasteiger charge is 2.27. The first-order chi connectivity index (χ1) is 9.26. The number of aliphatic hydroxyl groups is 1. The monoisotopic (exact) mass is 260 g/mol. The molecule has 1 aromatic rings. The van der Waals surface area contributed by atoms with E-state index in [1.165, 1.54) is 5.56 Å². The molecule has 4 nitrogen and oxygen atoms in total. The van der Waals surface area contributed by atoms with E-state index in [1.54, 1.807) is 6.08 Å². The number of amides is 1. The molecule has 0 fully saturated rings. The Labute approximate surface area is 113 Å². The van der Waals surface area contributed by atoms with Gasteiger partial charge < -0.3 is 10.4 Å². The maximum absolute atomic E-state index is 12.3. The van der Waals surface area contributed by atoms with Crippen LogP contribution in [-0.4, -0.2) is 41.7 Å². The van der Waals surface area contributed by atoms with Gasteiger partial charge in [-0.15, -0.1) is 6.58 Å². The second-order valence-electron chi connectivity index (χ2n) is 4.71. The number of nitrogens with zero attached hydrogens (tertiary/aromatic N) is 1. The number of nitrogens with one attached hydrogen (secondary N) is 1. The number of anilines is 1. The summed E-state index contributed by atoms with van der Waals surface area (Å²) in [6, 6.07) is 7.67. The molecule has 19 heavy (non-hydrogen) atoms. The summed E-state index contributed by atoms with van der Waals surface area (Å²) in [4.78, 5) is 14.3. The van der Waals surface area contributed by atoms with Crippen molar-refractivity contribution < 1.29 is 9.90 Å². The number of rotatable bonds is 5. The zero-order valence-electron chi connectivity index (χ0n) is 11.0. The average molecular weight is 260 g/mol. The summed E-state index contributed by atoms with van der Waals surface area (Å²) in [6.45, 7) is 4.85. The largest absolute Gasteiger partial charge is 0.395 e. The Hall–Kier alpha value is -1.65. The van der Waals surface area contributed by atoms with Gasteiger partial charge in [0.15, 0.2) is 0 Å². The summed E-state index contributed by atoms with van der Waals surface area (Å²) >= 11 is 0. The Bertz CT molecular complexity index is 459. The number of benzene rings is 1. The molecule has 2 rings (SSSR count). The standard InChI is InChI=1S/C15H20N2O2/c1-2-9-17(10-11-18)14-8-7-12-5-3-4-6-13(12)16-15(14)19/h2-6,14,18H,1,7-11H2,(H,16,19). The third kappa shape index (κ3) is 3.22. The van der Waals surface area contributed by atoms with Crippen molar-refractivity contribution in [2.24, 2.45) is 0 Å². The minimum Gasteiger partial charge on any atom is -0.395 e. The quantitative estimate of drug-likeness (QED) is 0.787. The molecule has 1 heterocycles. The molecule has 0 saturated carbocycles. The van der Waals surface area contributed by atoms with Crippen LogP contribution < -0.4 is 5.32 Å². The molecule has 1 unspecified atom stereocenters. The molecule has 4 heteroatoms. The zero-order valence-corrected chi connectivity index (χ0v) is 11.0. The lowest BCUT2D eigenvalue weighted by molar-refractivity contribution is -0.121. The molecule has 1 amide bonds. The molecule has 1 aliphatic heterocycles. The second-order valence-corrected chi connectivity index (χ2v) is 4.71. The third-order valence-corrected chi connectivity index (χ3v) is 3.46. The predicted octanol–water partition coefficient (Wildman–Crippen LogP) is 1.42. The van der Waals surface area contributed by atoms with Gasteiger partial charge in [0, 0.05) is 18.8 Å². The van der Waals surface area contributed by atoms with Crippen molar-refractivity contribution in [1.82, 2.24) is 4.90 Å². The van der Waals surface area contributed by atoms with Gasteiger partial charge >= 0.3 is 0 Å². The van der Waals surface area contributed by atoms with Gasteiger partial charge in [-0.25, -0.2) is 0 Å². The van der Waals surface area contributed by atoms with E-state index < -0.39 is 0 Å². The topological polar surface area (TPSA) is 52.6 Å². The van der Waals surface area contributed by atoms with Crippen LogP contribution in [-0.2, 0) is 11.2 Å². The zero-order chi connectivity index (χ0) is 13.7. The van der Waals surface area contributed by atoms with E-state index in [0.29, 0.717) is 13.1 Å². The van der Waals surface area contributed by atoms with Crippen molar-refractivity contribution in [3.63, 3.8) is 0 Å². The molecular weight excluding hydrogens is 240 g/mol. The summed E-state index contributed by atoms with van der Waals surface area (Å²) in [5.41, 5.74) is 2.07. The SMILES string of the molecule is C=CCN(CCO)C1CCc2ccccc2NC1=O. The molecule has 0 saturated heterocycles. The Morgan fingerprint density at radius 1 is 1.47 bits per heavy atom. The number of carbonyl (C=O) groups is 1. The fourth-order valence-electron chi connectivity index (χ4n) is 2.52. The molecule has 102 valence electrons. The molecule has 0 spiro atoms. The van der Waals surface area contributed by atoms with Crippen molar-refractivity contribution in [2.75, 3.05) is 25.0 Å². The average Bonchev–Trinajstić information content (AvgIpc) is 2.57. The first-order valence-electron chi connectivity index (χ1n) is 6.61. The van der Waals surface area contributed by atoms with Crippen LogP contribution in [0, 0.1) is 0 Å². The van der Waals surface area contributed by atoms with E-state index in [0.717, 1.165) is 18.5 Å². The molecule has 0 aromatic heterocycles. The van der Waals surface area contributed by atoms with Crippen molar-refractivity contribution in [1.29, 1.82) is 0 Å². The number of aryl methyl sites for hydroxylation is 1. The molecule has 0 radical (unpaired) electrons. The van der Waals surface area contributed by atoms with E-state index in [4.69, 9.17) is 5.11 Å². The highest BCUT2D eigenvalue weighted by atomic mass is 16.3. The number of carbonyl (C=O) groups excluding carboxylic acids is 1. The highest BCUT2D eigenvalue weighted by molar-refractivity contribution is 5.96. The van der Waals surface area contributed by atoms with Gasteiger partial charge in [0.1, 0.15) is 0 Å². The van der Waals surface area contributed by atoms with Crippen molar-refractivity contribution in [2.45, 2.75) is 18.9 Å². The lowest BCUT2D eigenvalue weighted by Crippen LogP contribution is -2.45. The lowest BCUT2D eigenvalue weighted by atomic mass is 10.0. The molecule has 0 aliphatic carbocycles. The van der Waals surface area contributed by atoms with E-state index >= 15 is 0 Å². The van der Waals surface area contributed by atoms with Gasteiger partial charge in [0.25, 0.3) is 0 Å². The van der Waals surface area contributed by atoms with Gasteiger partial charge in [-0.2, -0.15) is 0 Å². The fraction of sp³-hybridized carbons (Fsp3) is 0.400. The summed E-state index contributed by atoms with van der Waals surface area (Å²) in [6.07, 6.45) is 3.39. The minimum absolute atomic E-state index is 0.000231. The molecular formula is C15H20N2O2. The van der Waals surface area contributed by atoms with Crippen LogP contribution in [0.1, 0.15) is 12.0 Å². The highest BCUT2D eigenvalue weighted by Crippen LogP contribution is 2.23. The summed E-state index contributed by atoms with van der Waals surface area (Å²) in [7, 11) is 0. The van der Waals surface area contributed by atoms with E-state index in [-0.39, 0.29) is 18.6 Å². The van der Waals surface area contributed by atoms with Crippen LogP contribution in [0.3, 0.4) is 0 Å². The molecule has 2 N–H and O–H groups in total. The lowest BCUT2D eigenvalue weighted by Gasteiger charge is -2.27. The summed E-state index contributed by atoms with van der Waals surface area (Å²) < 4.78 is 0. The van der Waals surface area contributed by atoms with Gasteiger partial charge in [0.2, 0.25) is 5.91 Å². The van der Waals surface area contributed by atoms with Crippen LogP contribution in [0.15, 0.2) is 36.9 Å². The second kappa shape index (κ2) is 6.50. The Kier molecular flexibility index (Phi) is 4.71. The van der Waals surface area contributed by atoms with Crippen molar-refractivity contribution in [3.8, 4) is 0 Å². The molecule has 0 bridgehead atoms. The Morgan fingerprint density at radius 3 is 3.00 bits per heavy atom. The van der Waals surface area contributed by atoms with Gasteiger partial charge in [-0.1, -0.05) is 24.3 Å². The molecule has 1 aliphatic rings. The van der Waals surface area contributed by atoms with Gasteiger partial charge in [0.05, 0.1) is 12.6 Å². The van der Waals surface area contributed by atoms with E-state index in [9.17, 15) is 4.79 Å². The number of aliphatic hydroxyl groups excluding tert-OH is 1. The Morgan fingerprint density at radius 2 is 2.26 bits per heavy atom. The smallest absolute Gasteiger partial charge is 0.241 e. The minimum atomic E-state index is -0.211. The summed E-state index contributed by atoms with van der Waals surface area (Å²) in [5.74, 6) is 0.000231. The van der Waals surface area contributed by atoms with Crippen LogP contribution in [0.2, 0.25) is 0 Å². The van der Waals surface area contributed by atoms with Crippen LogP contribution in [0.5, 0.6) is 0 Å².